The van der Waals surface area contributed by atoms with Gasteiger partial charge in [-0.25, -0.2) is 4.79 Å². The maximum atomic E-state index is 10.9. The van der Waals surface area contributed by atoms with Gasteiger partial charge in [-0.15, -0.1) is 0 Å². The zero-order valence-electron chi connectivity index (χ0n) is 11.8. The van der Waals surface area contributed by atoms with Crippen LogP contribution in [0.1, 0.15) is 10.5 Å². The van der Waals surface area contributed by atoms with Gasteiger partial charge in [-0.05, 0) is 19.2 Å². The van der Waals surface area contributed by atoms with Gasteiger partial charge in [0.2, 0.25) is 0 Å². The van der Waals surface area contributed by atoms with Gasteiger partial charge in [0.15, 0.2) is 11.5 Å². The van der Waals surface area contributed by atoms with Crippen molar-refractivity contribution in [3.63, 3.8) is 0 Å². The van der Waals surface area contributed by atoms with Crippen molar-refractivity contribution in [2.75, 3.05) is 38.1 Å². The number of hydrogen-bond acceptors (Lipinski definition) is 5. The number of rotatable bonds is 3. The lowest BCUT2D eigenvalue weighted by Crippen LogP contribution is -2.44. The van der Waals surface area contributed by atoms with Gasteiger partial charge in [0.25, 0.3) is 0 Å². The van der Waals surface area contributed by atoms with Crippen molar-refractivity contribution in [3.05, 3.63) is 36.0 Å². The van der Waals surface area contributed by atoms with Gasteiger partial charge < -0.3 is 19.4 Å². The van der Waals surface area contributed by atoms with Gasteiger partial charge in [-0.2, -0.15) is 0 Å². The fourth-order valence-electron chi connectivity index (χ4n) is 2.43. The molecule has 2 heterocycles. The molecule has 110 valence electrons. The molecule has 6 heteroatoms. The molecule has 1 saturated heterocycles. The second-order valence-electron chi connectivity index (χ2n) is 5.22. The summed E-state index contributed by atoms with van der Waals surface area (Å²) in [4.78, 5) is 15.5. The number of benzene rings is 1. The molecule has 1 N–H and O–H groups in total. The zero-order chi connectivity index (χ0) is 14.8. The Balaban J connectivity index is 1.83. The SMILES string of the molecule is CN1CCN(c2cccc(-c3cc(C(=O)O)no3)c2)CC1. The number of carbonyl (C=O) groups is 1. The lowest BCUT2D eigenvalue weighted by Gasteiger charge is -2.34. The van der Waals surface area contributed by atoms with Crippen LogP contribution in [0.15, 0.2) is 34.9 Å². The van der Waals surface area contributed by atoms with Crippen molar-refractivity contribution < 1.29 is 14.4 Å². The molecule has 3 rings (SSSR count). The van der Waals surface area contributed by atoms with Crippen molar-refractivity contribution >= 4 is 11.7 Å². The zero-order valence-corrected chi connectivity index (χ0v) is 11.8. The van der Waals surface area contributed by atoms with Gasteiger partial charge in [-0.3, -0.25) is 0 Å². The Labute approximate surface area is 122 Å². The van der Waals surface area contributed by atoms with Crippen LogP contribution >= 0.6 is 0 Å². The second-order valence-corrected chi connectivity index (χ2v) is 5.22. The topological polar surface area (TPSA) is 69.8 Å². The molecule has 1 fully saturated rings. The molecule has 0 spiro atoms. The highest BCUT2D eigenvalue weighted by molar-refractivity contribution is 5.86. The van der Waals surface area contributed by atoms with E-state index >= 15 is 0 Å². The number of nitrogens with zero attached hydrogens (tertiary/aromatic N) is 3. The maximum absolute atomic E-state index is 10.9. The Kier molecular flexibility index (Phi) is 3.62. The Morgan fingerprint density at radius 3 is 2.67 bits per heavy atom. The van der Waals surface area contributed by atoms with Crippen LogP contribution in [0.4, 0.5) is 5.69 Å². The number of carboxylic acid groups (broad SMARTS) is 1. The molecule has 0 unspecified atom stereocenters. The molecule has 1 aliphatic rings. The van der Waals surface area contributed by atoms with E-state index in [0.29, 0.717) is 5.76 Å². The van der Waals surface area contributed by atoms with Crippen LogP contribution in [0, 0.1) is 0 Å². The van der Waals surface area contributed by atoms with Crippen molar-refractivity contribution in [2.24, 2.45) is 0 Å². The fourth-order valence-corrected chi connectivity index (χ4v) is 2.43. The third-order valence-corrected chi connectivity index (χ3v) is 3.73. The van der Waals surface area contributed by atoms with Crippen molar-refractivity contribution in [1.29, 1.82) is 0 Å². The predicted molar refractivity (Wildman–Crippen MR) is 78.6 cm³/mol. The lowest BCUT2D eigenvalue weighted by atomic mass is 10.1. The summed E-state index contributed by atoms with van der Waals surface area (Å²) in [7, 11) is 2.12. The van der Waals surface area contributed by atoms with Crippen LogP contribution in [-0.2, 0) is 0 Å². The quantitative estimate of drug-likeness (QED) is 0.928. The molecule has 1 aromatic heterocycles. The molecule has 0 atom stereocenters. The van der Waals surface area contributed by atoms with Crippen molar-refractivity contribution in [2.45, 2.75) is 0 Å². The summed E-state index contributed by atoms with van der Waals surface area (Å²) < 4.78 is 5.11. The molecule has 1 aromatic carbocycles. The minimum atomic E-state index is -1.08. The first-order valence-electron chi connectivity index (χ1n) is 6.87. The molecule has 0 aliphatic carbocycles. The van der Waals surface area contributed by atoms with E-state index in [-0.39, 0.29) is 5.69 Å². The number of anilines is 1. The number of carboxylic acids is 1. The molecule has 0 bridgehead atoms. The highest BCUT2D eigenvalue weighted by Crippen LogP contribution is 2.26. The van der Waals surface area contributed by atoms with E-state index in [2.05, 4.69) is 28.1 Å². The Morgan fingerprint density at radius 2 is 2.00 bits per heavy atom. The molecule has 21 heavy (non-hydrogen) atoms. The third-order valence-electron chi connectivity index (χ3n) is 3.73. The Morgan fingerprint density at radius 1 is 1.24 bits per heavy atom. The Bertz CT molecular complexity index is 645. The van der Waals surface area contributed by atoms with E-state index in [0.717, 1.165) is 37.4 Å². The van der Waals surface area contributed by atoms with Gasteiger partial charge >= 0.3 is 5.97 Å². The molecular weight excluding hydrogens is 270 g/mol. The summed E-state index contributed by atoms with van der Waals surface area (Å²) in [5.74, 6) is -0.608. The summed E-state index contributed by atoms with van der Waals surface area (Å²) in [5, 5.41) is 12.4. The number of aromatic nitrogens is 1. The minimum absolute atomic E-state index is 0.0741. The minimum Gasteiger partial charge on any atom is -0.476 e. The van der Waals surface area contributed by atoms with Gasteiger partial charge in [-0.1, -0.05) is 17.3 Å². The summed E-state index contributed by atoms with van der Waals surface area (Å²) in [6, 6.07) is 9.36. The lowest BCUT2D eigenvalue weighted by molar-refractivity contribution is 0.0686. The molecule has 6 nitrogen and oxygen atoms in total. The largest absolute Gasteiger partial charge is 0.476 e. The van der Waals surface area contributed by atoms with Gasteiger partial charge in [0, 0.05) is 43.5 Å². The number of hydrogen-bond donors (Lipinski definition) is 1. The summed E-state index contributed by atoms with van der Waals surface area (Å²) in [5.41, 5.74) is 1.88. The van der Waals surface area contributed by atoms with Crippen LogP contribution < -0.4 is 4.90 Å². The van der Waals surface area contributed by atoms with E-state index in [9.17, 15) is 4.79 Å². The summed E-state index contributed by atoms with van der Waals surface area (Å²) in [6.45, 7) is 4.04. The average Bonchev–Trinajstić information content (AvgIpc) is 2.98. The highest BCUT2D eigenvalue weighted by Gasteiger charge is 2.16. The number of piperazine rings is 1. The molecule has 0 amide bonds. The van der Waals surface area contributed by atoms with Crippen LogP contribution in [0.5, 0.6) is 0 Å². The number of likely N-dealkylation sites (N-methyl/N-ethyl adjacent to an activating group) is 1. The highest BCUT2D eigenvalue weighted by atomic mass is 16.5. The first-order chi connectivity index (χ1) is 10.1. The van der Waals surface area contributed by atoms with E-state index in [1.807, 2.05) is 18.2 Å². The third kappa shape index (κ3) is 2.90. The van der Waals surface area contributed by atoms with Crippen LogP contribution in [0.25, 0.3) is 11.3 Å². The smallest absolute Gasteiger partial charge is 0.358 e. The first-order valence-corrected chi connectivity index (χ1v) is 6.87. The van der Waals surface area contributed by atoms with Crippen LogP contribution in [0.2, 0.25) is 0 Å². The van der Waals surface area contributed by atoms with Gasteiger partial charge in [0.1, 0.15) is 0 Å². The maximum Gasteiger partial charge on any atom is 0.358 e. The second kappa shape index (κ2) is 5.57. The molecular formula is C15H17N3O3. The average molecular weight is 287 g/mol. The monoisotopic (exact) mass is 287 g/mol. The normalized spacial score (nSPS) is 16.1. The van der Waals surface area contributed by atoms with E-state index in [4.69, 9.17) is 9.63 Å². The van der Waals surface area contributed by atoms with Crippen LogP contribution in [0.3, 0.4) is 0 Å². The first kappa shape index (κ1) is 13.6. The van der Waals surface area contributed by atoms with Crippen molar-refractivity contribution in [1.82, 2.24) is 10.1 Å². The van der Waals surface area contributed by atoms with Gasteiger partial charge in [0.05, 0.1) is 0 Å². The fraction of sp³-hybridized carbons (Fsp3) is 0.333. The molecule has 0 saturated carbocycles. The van der Waals surface area contributed by atoms with Crippen LogP contribution in [-0.4, -0.2) is 54.4 Å². The summed E-state index contributed by atoms with van der Waals surface area (Å²) >= 11 is 0. The van der Waals surface area contributed by atoms with Crippen molar-refractivity contribution in [3.8, 4) is 11.3 Å². The van der Waals surface area contributed by atoms with E-state index in [1.165, 1.54) is 6.07 Å². The standard InChI is InChI=1S/C15H17N3O3/c1-17-5-7-18(8-6-17)12-4-2-3-11(9-12)14-10-13(15(19)20)16-21-14/h2-4,9-10H,5-8H2,1H3,(H,19,20). The number of aromatic carboxylic acids is 1. The Hall–Kier alpha value is -2.34. The molecule has 2 aromatic rings. The summed E-state index contributed by atoms with van der Waals surface area (Å²) in [6.07, 6.45) is 0. The van der Waals surface area contributed by atoms with E-state index in [1.54, 1.807) is 0 Å². The van der Waals surface area contributed by atoms with E-state index < -0.39 is 5.97 Å². The molecule has 1 aliphatic heterocycles. The predicted octanol–water partition coefficient (Wildman–Crippen LogP) is 1.79. The molecule has 0 radical (unpaired) electrons.